The summed E-state index contributed by atoms with van der Waals surface area (Å²) >= 11 is 3.50. The lowest BCUT2D eigenvalue weighted by Crippen LogP contribution is -2.53. The van der Waals surface area contributed by atoms with E-state index in [0.717, 1.165) is 95.4 Å². The summed E-state index contributed by atoms with van der Waals surface area (Å²) in [5.74, 6) is -5.49. The molecule has 1 aliphatic heterocycles. The zero-order valence-electron chi connectivity index (χ0n) is 72.8. The number of alkyl halides is 15. The molecule has 7 N–H and O–H groups in total. The number of benzene rings is 7. The summed E-state index contributed by atoms with van der Waals surface area (Å²) in [6, 6.07) is 42.3. The molecule has 13 rings (SSSR count). The minimum atomic E-state index is -4.84. The maximum atomic E-state index is 13.2. The highest BCUT2D eigenvalue weighted by molar-refractivity contribution is 7.10. The highest BCUT2D eigenvalue weighted by Gasteiger charge is 2.37. The number of amides is 8. The Bertz CT molecular complexity index is 6050. The molecule has 0 aliphatic carbocycles. The van der Waals surface area contributed by atoms with E-state index in [1.54, 1.807) is 34.1 Å². The van der Waals surface area contributed by atoms with Gasteiger partial charge in [-0.2, -0.15) is 13.2 Å². The van der Waals surface area contributed by atoms with Gasteiger partial charge < -0.3 is 89.3 Å². The monoisotopic (exact) mass is 2030 g/mol. The second-order valence-corrected chi connectivity index (χ2v) is 31.8. The number of anilines is 1. The van der Waals surface area contributed by atoms with Gasteiger partial charge in [0, 0.05) is 79.5 Å². The molecule has 5 aromatic heterocycles. The Morgan fingerprint density at radius 2 is 0.821 bits per heavy atom. The number of carbonyl (C=O) groups is 8. The normalized spacial score (nSPS) is 12.5. The van der Waals surface area contributed by atoms with Crippen molar-refractivity contribution in [2.24, 2.45) is 0 Å². The molecule has 1 atom stereocenters. The largest absolute Gasteiger partial charge is 0.573 e. The molecule has 50 heteroatoms. The fraction of sp³-hybridized carbons (Fsp3) is 0.256. The van der Waals surface area contributed by atoms with Crippen LogP contribution in [0.5, 0.6) is 46.0 Å². The number of nitrogens with zero attached hydrogens (tertiary/aromatic N) is 7. The number of piperazine rings is 1. The van der Waals surface area contributed by atoms with E-state index >= 15 is 0 Å². The van der Waals surface area contributed by atoms with Crippen molar-refractivity contribution in [3.05, 3.63) is 294 Å². The minimum absolute atomic E-state index is 0.0716. The summed E-state index contributed by atoms with van der Waals surface area (Å²) < 4.78 is 240. The molecule has 8 amide bonds. The van der Waals surface area contributed by atoms with Crippen LogP contribution >= 0.6 is 34.0 Å². The number of aryl methyl sites for hydroxylation is 1. The number of thiazole rings is 3. The third-order valence-electron chi connectivity index (χ3n) is 18.4. The van der Waals surface area contributed by atoms with Crippen LogP contribution in [0.25, 0.3) is 0 Å². The van der Waals surface area contributed by atoms with Gasteiger partial charge in [0.15, 0.2) is 32.1 Å². The summed E-state index contributed by atoms with van der Waals surface area (Å²) in [5.41, 5.74) is 3.32. The van der Waals surface area contributed by atoms with Gasteiger partial charge in [0.25, 0.3) is 47.3 Å². The molecule has 0 saturated carbocycles. The Balaban J connectivity index is 0.000000193. The van der Waals surface area contributed by atoms with Crippen molar-refractivity contribution in [3.8, 4) is 46.0 Å². The van der Waals surface area contributed by atoms with Gasteiger partial charge >= 0.3 is 31.6 Å². The lowest BCUT2D eigenvalue weighted by molar-refractivity contribution is -0.275. The Hall–Kier alpha value is -15.4. The number of ether oxygens (including phenoxy) is 8. The van der Waals surface area contributed by atoms with Crippen LogP contribution in [-0.4, -0.2) is 161 Å². The second kappa shape index (κ2) is 50.6. The molecule has 1 fully saturated rings. The number of rotatable bonds is 36. The van der Waals surface area contributed by atoms with Crippen molar-refractivity contribution in [2.75, 3.05) is 57.5 Å². The average Bonchev–Trinajstić information content (AvgIpc) is 1.65. The van der Waals surface area contributed by atoms with Crippen LogP contribution in [0.15, 0.2) is 221 Å². The van der Waals surface area contributed by atoms with Gasteiger partial charge in [-0.05, 0) is 164 Å². The molecule has 12 aromatic rings. The summed E-state index contributed by atoms with van der Waals surface area (Å²) in [4.78, 5) is 122. The number of nitrogens with one attached hydrogen (secondary N) is 7. The van der Waals surface area contributed by atoms with Crippen LogP contribution in [0.3, 0.4) is 0 Å². The SMILES string of the molecule is Cc1ccc(N2CCN(C(=O)c3csc(CNC(=O)COc4ccc(OC(F)(F)F)cc4)n3)CC2C)cc1.O=C(COc1ccc(OC(F)(F)F)cc1)NCc1nc(C(=O)NCCc2ccccc2)co1.O=C(COc1ccc(OC(F)(F)F)cc1)NCc1nc(C(=O)NCc2ccc(F)cc2C(F)(F)F)cs1.O=C(COc1ccc(OC(F)(F)F)cc1)NCc1nc(C(=O)NCc2cccnc2)cs1. The summed E-state index contributed by atoms with van der Waals surface area (Å²) in [6.07, 6.45) is -18.8. The number of oxazole rings is 1. The van der Waals surface area contributed by atoms with Gasteiger partial charge in [0.2, 0.25) is 5.89 Å². The van der Waals surface area contributed by atoms with E-state index in [4.69, 9.17) is 23.4 Å². The quantitative estimate of drug-likeness (QED) is 0.0179. The van der Waals surface area contributed by atoms with Crippen LogP contribution in [0, 0.1) is 12.7 Å². The van der Waals surface area contributed by atoms with Crippen molar-refractivity contribution in [1.29, 1.82) is 0 Å². The van der Waals surface area contributed by atoms with E-state index in [0.29, 0.717) is 59.4 Å². The molecular formula is C90H80F16N14O17S3. The van der Waals surface area contributed by atoms with Crippen molar-refractivity contribution < 1.29 is 151 Å². The van der Waals surface area contributed by atoms with Crippen LogP contribution in [0.4, 0.5) is 75.9 Å². The zero-order chi connectivity index (χ0) is 101. The zero-order valence-corrected chi connectivity index (χ0v) is 75.3. The molecule has 1 aliphatic rings. The molecule has 140 heavy (non-hydrogen) atoms. The van der Waals surface area contributed by atoms with Gasteiger partial charge in [-0.1, -0.05) is 60.2 Å². The van der Waals surface area contributed by atoms with Crippen molar-refractivity contribution in [2.45, 2.75) is 97.2 Å². The highest BCUT2D eigenvalue weighted by atomic mass is 32.1. The average molecular weight is 2030 g/mol. The molecule has 0 radical (unpaired) electrons. The lowest BCUT2D eigenvalue weighted by Gasteiger charge is -2.41. The van der Waals surface area contributed by atoms with E-state index in [9.17, 15) is 109 Å². The third-order valence-corrected chi connectivity index (χ3v) is 20.9. The smallest absolute Gasteiger partial charge is 0.484 e. The molecule has 6 heterocycles. The number of halogens is 16. The molecule has 1 saturated heterocycles. The first-order valence-corrected chi connectivity index (χ1v) is 43.6. The van der Waals surface area contributed by atoms with E-state index in [-0.39, 0.29) is 121 Å². The van der Waals surface area contributed by atoms with Crippen molar-refractivity contribution in [1.82, 2.24) is 67.0 Å². The van der Waals surface area contributed by atoms with Gasteiger partial charge in [-0.3, -0.25) is 43.3 Å². The Labute approximate surface area is 795 Å². The van der Waals surface area contributed by atoms with Gasteiger partial charge in [-0.25, -0.2) is 24.3 Å². The van der Waals surface area contributed by atoms with Gasteiger partial charge in [0.1, 0.15) is 90.2 Å². The maximum Gasteiger partial charge on any atom is 0.573 e. The lowest BCUT2D eigenvalue weighted by atomic mass is 10.1. The van der Waals surface area contributed by atoms with Crippen LogP contribution < -0.4 is 80.0 Å². The maximum absolute atomic E-state index is 13.2. The molecular weight excluding hydrogens is 1950 g/mol. The number of hydrogen-bond donors (Lipinski definition) is 7. The number of hydrogen-bond acceptors (Lipinski definition) is 26. The minimum Gasteiger partial charge on any atom is -0.484 e. The fourth-order valence-corrected chi connectivity index (χ4v) is 14.0. The van der Waals surface area contributed by atoms with E-state index < -0.39 is 109 Å². The first-order chi connectivity index (χ1) is 66.4. The summed E-state index contributed by atoms with van der Waals surface area (Å²) in [6.45, 7) is 4.80. The van der Waals surface area contributed by atoms with E-state index in [2.05, 4.69) is 117 Å². The van der Waals surface area contributed by atoms with E-state index in [1.807, 2.05) is 43.3 Å². The topological polar surface area (TPSA) is 379 Å². The number of pyridine rings is 1. The molecule has 0 spiro atoms. The van der Waals surface area contributed by atoms with Gasteiger partial charge in [-0.15, -0.1) is 86.7 Å². The third kappa shape index (κ3) is 38.0. The first-order valence-electron chi connectivity index (χ1n) is 41.0. The molecule has 7 aromatic carbocycles. The van der Waals surface area contributed by atoms with Crippen LogP contribution in [0.2, 0.25) is 0 Å². The Morgan fingerprint density at radius 3 is 1.24 bits per heavy atom. The second-order valence-electron chi connectivity index (χ2n) is 29.0. The molecule has 1 unspecified atom stereocenters. The molecule has 0 bridgehead atoms. The fourth-order valence-electron chi connectivity index (χ4n) is 11.9. The molecule has 31 nitrogen and oxygen atoms in total. The Kier molecular flexibility index (Phi) is 38.6. The molecule has 742 valence electrons. The highest BCUT2D eigenvalue weighted by Crippen LogP contribution is 2.35. The predicted octanol–water partition coefficient (Wildman–Crippen LogP) is 15.5. The standard InChI is InChI=1S/C26H27F3N4O4S.C22H16F7N3O4S.C22H20F3N3O5.C20H17F3N4O4S/c1-17-3-5-19(6-4-17)33-12-11-32(14-18(33)2)25(35)22-16-38-24(31-22)13-30-23(34)15-36-20-7-9-21(10-8-20)37-26(27,28)29;23-13-2-1-12(16(7-13)21(24,25)26)8-31-20(34)17-11-37-19(32-17)9-30-18(33)10-35-14-3-5-15(6-4-14)36-22(27,28)29;23-22(24,25)33-17-8-6-16(7-9-17)31-14-19(29)27-12-20-28-18(13-32-20)21(30)26-11-10-15-4-2-1-3-5-15;21-20(22,23)31-15-5-3-14(4-6-15)30-11-17(28)25-10-18-27-16(12-32-18)19(29)26-9-13-2-1-7-24-8-13/h3-10,16,18H,11-15H2,1-2H3,(H,30,34);1-7,11H,8-10H2,(H,30,33)(H,31,34);1-9,13H,10-12,14H2,(H,26,30)(H,27,29);1-8,12H,9-11H2,(H,25,28)(H,26,29). The number of carbonyl (C=O) groups excluding carboxylic acids is 8. The van der Waals surface area contributed by atoms with Gasteiger partial charge in [0.05, 0.1) is 31.7 Å². The summed E-state index contributed by atoms with van der Waals surface area (Å²) in [5, 5.41) is 24.0. The van der Waals surface area contributed by atoms with Crippen LogP contribution in [0.1, 0.15) is 97.6 Å². The predicted molar refractivity (Wildman–Crippen MR) is 469 cm³/mol. The van der Waals surface area contributed by atoms with Crippen molar-refractivity contribution >= 4 is 87.0 Å². The van der Waals surface area contributed by atoms with Crippen molar-refractivity contribution in [3.63, 3.8) is 0 Å². The number of aromatic nitrogens is 5. The Morgan fingerprint density at radius 1 is 0.421 bits per heavy atom. The first kappa shape index (κ1) is 107. The van der Waals surface area contributed by atoms with E-state index in [1.165, 1.54) is 88.4 Å². The summed E-state index contributed by atoms with van der Waals surface area (Å²) in [7, 11) is 0. The van der Waals surface area contributed by atoms with Crippen LogP contribution in [-0.2, 0) is 71.0 Å².